The Morgan fingerprint density at radius 2 is 1.89 bits per heavy atom. The molecule has 1 aromatic heterocycles. The van der Waals surface area contributed by atoms with Crippen LogP contribution < -0.4 is 14.8 Å². The normalized spacial score (nSPS) is 14.6. The second-order valence-electron chi connectivity index (χ2n) is 8.70. The maximum Gasteiger partial charge on any atom is 0.220 e. The highest BCUT2D eigenvalue weighted by molar-refractivity contribution is 6.33. The van der Waals surface area contributed by atoms with Crippen molar-refractivity contribution in [2.24, 2.45) is 0 Å². The van der Waals surface area contributed by atoms with E-state index in [1.54, 1.807) is 14.2 Å². The van der Waals surface area contributed by atoms with Gasteiger partial charge < -0.3 is 19.4 Å². The van der Waals surface area contributed by atoms with Crippen molar-refractivity contribution in [3.63, 3.8) is 0 Å². The number of aromatic nitrogens is 3. The Balaban J connectivity index is 1.36. The molecule has 35 heavy (non-hydrogen) atoms. The Morgan fingerprint density at radius 3 is 2.63 bits per heavy atom. The molecule has 0 radical (unpaired) electrons. The molecule has 1 N–H and O–H groups in total. The van der Waals surface area contributed by atoms with Crippen LogP contribution in [0.25, 0.3) is 0 Å². The average Bonchev–Trinajstić information content (AvgIpc) is 3.18. The van der Waals surface area contributed by atoms with Crippen molar-refractivity contribution in [1.29, 1.82) is 0 Å². The average molecular weight is 498 g/mol. The monoisotopic (exact) mass is 497 g/mol. The molecular formula is C26H32ClN5O3. The van der Waals surface area contributed by atoms with E-state index in [1.807, 2.05) is 49.4 Å². The second kappa shape index (κ2) is 11.6. The van der Waals surface area contributed by atoms with E-state index < -0.39 is 0 Å². The lowest BCUT2D eigenvalue weighted by Crippen LogP contribution is -2.30. The molecule has 1 atom stereocenters. The van der Waals surface area contributed by atoms with Gasteiger partial charge in [-0.15, -0.1) is 10.2 Å². The lowest BCUT2D eigenvalue weighted by Gasteiger charge is -2.22. The molecule has 3 aromatic rings. The summed E-state index contributed by atoms with van der Waals surface area (Å²) in [5.41, 5.74) is 2.14. The van der Waals surface area contributed by atoms with Crippen LogP contribution in [0.3, 0.4) is 0 Å². The van der Waals surface area contributed by atoms with Crippen LogP contribution in [0.1, 0.15) is 42.2 Å². The van der Waals surface area contributed by atoms with Crippen LogP contribution in [0.4, 0.5) is 0 Å². The Bertz CT molecular complexity index is 1150. The minimum absolute atomic E-state index is 0.0112. The first kappa shape index (κ1) is 25.0. The third-order valence-corrected chi connectivity index (χ3v) is 6.77. The molecule has 4 rings (SSSR count). The lowest BCUT2D eigenvalue weighted by atomic mass is 10.1. The molecule has 0 aliphatic carbocycles. The number of nitrogens with one attached hydrogen (secondary N) is 1. The molecule has 9 heteroatoms. The maximum absolute atomic E-state index is 12.5. The van der Waals surface area contributed by atoms with Gasteiger partial charge in [0.25, 0.3) is 0 Å². The molecule has 1 aliphatic heterocycles. The standard InChI is InChI=1S/C26H32ClN5O3/c1-18(28-23(33)12-9-19-7-5-4-6-8-19)26-30-29-22-13-14-31(15-16-32(22)26)17-20-10-11-21(34-2)25(35-3)24(20)27/h4-8,10-11,18H,9,12-17H2,1-3H3,(H,28,33)/t18-/m1/s1. The molecule has 0 unspecified atom stereocenters. The van der Waals surface area contributed by atoms with Gasteiger partial charge in [0.2, 0.25) is 5.91 Å². The largest absolute Gasteiger partial charge is 0.493 e. The van der Waals surface area contributed by atoms with Crippen LogP contribution in [0.2, 0.25) is 5.02 Å². The van der Waals surface area contributed by atoms with Gasteiger partial charge in [0.15, 0.2) is 17.3 Å². The summed E-state index contributed by atoms with van der Waals surface area (Å²) in [6, 6.07) is 13.7. The number of benzene rings is 2. The van der Waals surface area contributed by atoms with E-state index in [2.05, 4.69) is 25.0 Å². The Kier molecular flexibility index (Phi) is 8.25. The van der Waals surface area contributed by atoms with Gasteiger partial charge in [0, 0.05) is 39.0 Å². The number of carbonyl (C=O) groups excluding carboxylic acids is 1. The van der Waals surface area contributed by atoms with Crippen LogP contribution in [0.5, 0.6) is 11.5 Å². The van der Waals surface area contributed by atoms with Crippen LogP contribution in [0.15, 0.2) is 42.5 Å². The maximum atomic E-state index is 12.5. The molecule has 1 aliphatic rings. The summed E-state index contributed by atoms with van der Waals surface area (Å²) >= 11 is 6.60. The number of hydrogen-bond donors (Lipinski definition) is 1. The lowest BCUT2D eigenvalue weighted by molar-refractivity contribution is -0.121. The van der Waals surface area contributed by atoms with Crippen LogP contribution >= 0.6 is 11.6 Å². The van der Waals surface area contributed by atoms with Crippen molar-refractivity contribution in [2.75, 3.05) is 27.3 Å². The minimum Gasteiger partial charge on any atom is -0.493 e. The molecule has 0 spiro atoms. The first-order valence-electron chi connectivity index (χ1n) is 11.9. The number of rotatable bonds is 9. The molecule has 186 valence electrons. The summed E-state index contributed by atoms with van der Waals surface area (Å²) in [5.74, 6) is 2.91. The third-order valence-electron chi connectivity index (χ3n) is 6.35. The predicted octanol–water partition coefficient (Wildman–Crippen LogP) is 3.82. The number of fused-ring (bicyclic) bond motifs is 1. The highest BCUT2D eigenvalue weighted by atomic mass is 35.5. The molecule has 2 aromatic carbocycles. The molecule has 8 nitrogen and oxygen atoms in total. The van der Waals surface area contributed by atoms with E-state index >= 15 is 0 Å². The number of nitrogens with zero attached hydrogens (tertiary/aromatic N) is 4. The van der Waals surface area contributed by atoms with E-state index in [9.17, 15) is 4.79 Å². The number of methoxy groups -OCH3 is 2. The van der Waals surface area contributed by atoms with Crippen LogP contribution in [-0.4, -0.2) is 52.9 Å². The summed E-state index contributed by atoms with van der Waals surface area (Å²) in [6.45, 7) is 5.05. The number of aryl methyl sites for hydroxylation is 1. The van der Waals surface area contributed by atoms with Crippen molar-refractivity contribution in [3.8, 4) is 11.5 Å². The number of carbonyl (C=O) groups is 1. The second-order valence-corrected chi connectivity index (χ2v) is 9.08. The van der Waals surface area contributed by atoms with Crippen molar-refractivity contribution in [1.82, 2.24) is 25.0 Å². The predicted molar refractivity (Wildman–Crippen MR) is 135 cm³/mol. The van der Waals surface area contributed by atoms with E-state index in [4.69, 9.17) is 21.1 Å². The number of amides is 1. The van der Waals surface area contributed by atoms with Crippen molar-refractivity contribution >= 4 is 17.5 Å². The van der Waals surface area contributed by atoms with Gasteiger partial charge in [-0.2, -0.15) is 0 Å². The van der Waals surface area contributed by atoms with Gasteiger partial charge in [-0.1, -0.05) is 48.0 Å². The summed E-state index contributed by atoms with van der Waals surface area (Å²) in [7, 11) is 3.19. The Labute approximate surface area is 211 Å². The molecule has 1 amide bonds. The number of ether oxygens (including phenoxy) is 2. The number of hydrogen-bond acceptors (Lipinski definition) is 6. The summed E-state index contributed by atoms with van der Waals surface area (Å²) in [5, 5.41) is 12.5. The smallest absolute Gasteiger partial charge is 0.220 e. The van der Waals surface area contributed by atoms with Gasteiger partial charge in [-0.3, -0.25) is 9.69 Å². The zero-order valence-corrected chi connectivity index (χ0v) is 21.2. The summed E-state index contributed by atoms with van der Waals surface area (Å²) in [4.78, 5) is 14.9. The zero-order chi connectivity index (χ0) is 24.8. The fraction of sp³-hybridized carbons (Fsp3) is 0.423. The highest BCUT2D eigenvalue weighted by Gasteiger charge is 2.24. The first-order valence-corrected chi connectivity index (χ1v) is 12.2. The van der Waals surface area contributed by atoms with Gasteiger partial charge in [0.1, 0.15) is 5.82 Å². The highest BCUT2D eigenvalue weighted by Crippen LogP contribution is 2.37. The van der Waals surface area contributed by atoms with Crippen LogP contribution in [-0.2, 0) is 30.7 Å². The number of halogens is 1. The van der Waals surface area contributed by atoms with Gasteiger partial charge in [-0.05, 0) is 30.5 Å². The van der Waals surface area contributed by atoms with E-state index in [1.165, 1.54) is 0 Å². The molecule has 0 fully saturated rings. The van der Waals surface area contributed by atoms with E-state index in [-0.39, 0.29) is 11.9 Å². The molecular weight excluding hydrogens is 466 g/mol. The minimum atomic E-state index is -0.216. The van der Waals surface area contributed by atoms with Crippen molar-refractivity contribution in [2.45, 2.75) is 45.3 Å². The topological polar surface area (TPSA) is 81.5 Å². The Morgan fingerprint density at radius 1 is 1.09 bits per heavy atom. The van der Waals surface area contributed by atoms with Crippen LogP contribution in [0, 0.1) is 0 Å². The van der Waals surface area contributed by atoms with E-state index in [0.29, 0.717) is 35.9 Å². The fourth-order valence-electron chi connectivity index (χ4n) is 4.44. The SMILES string of the molecule is COc1ccc(CN2CCc3nnc([C@@H](C)NC(=O)CCc4ccccc4)n3CC2)c(Cl)c1OC. The van der Waals surface area contributed by atoms with Crippen molar-refractivity contribution in [3.05, 3.63) is 70.3 Å². The molecule has 0 saturated heterocycles. The molecule has 2 heterocycles. The fourth-order valence-corrected chi connectivity index (χ4v) is 4.73. The van der Waals surface area contributed by atoms with Gasteiger partial charge in [0.05, 0.1) is 25.3 Å². The zero-order valence-electron chi connectivity index (χ0n) is 20.5. The first-order chi connectivity index (χ1) is 17.0. The van der Waals surface area contributed by atoms with Gasteiger partial charge >= 0.3 is 0 Å². The quantitative estimate of drug-likeness (QED) is 0.484. The van der Waals surface area contributed by atoms with E-state index in [0.717, 1.165) is 48.8 Å². The Hall–Kier alpha value is -3.10. The summed E-state index contributed by atoms with van der Waals surface area (Å²) in [6.07, 6.45) is 1.92. The molecule has 0 bridgehead atoms. The molecule has 0 saturated carbocycles. The summed E-state index contributed by atoms with van der Waals surface area (Å²) < 4.78 is 12.9. The van der Waals surface area contributed by atoms with Crippen molar-refractivity contribution < 1.29 is 14.3 Å². The third kappa shape index (κ3) is 5.94. The van der Waals surface area contributed by atoms with Gasteiger partial charge in [-0.25, -0.2) is 0 Å².